The number of piperidine rings is 1. The maximum atomic E-state index is 12.4. The van der Waals surface area contributed by atoms with E-state index in [1.165, 1.54) is 0 Å². The van der Waals surface area contributed by atoms with Crippen molar-refractivity contribution in [3.8, 4) is 0 Å². The van der Waals surface area contributed by atoms with Crippen molar-refractivity contribution in [1.82, 2.24) is 9.88 Å². The lowest BCUT2D eigenvalue weighted by molar-refractivity contribution is -0.121. The van der Waals surface area contributed by atoms with Crippen LogP contribution in [0.1, 0.15) is 24.8 Å². The van der Waals surface area contributed by atoms with Gasteiger partial charge in [0, 0.05) is 25.9 Å². The van der Waals surface area contributed by atoms with Gasteiger partial charge in [-0.15, -0.1) is 0 Å². The van der Waals surface area contributed by atoms with E-state index in [4.69, 9.17) is 4.74 Å². The van der Waals surface area contributed by atoms with Crippen LogP contribution in [-0.2, 0) is 9.53 Å². The summed E-state index contributed by atoms with van der Waals surface area (Å²) in [5.41, 5.74) is 1.10. The third-order valence-corrected chi connectivity index (χ3v) is 4.58. The van der Waals surface area contributed by atoms with Crippen LogP contribution in [0, 0.1) is 18.8 Å². The monoisotopic (exact) mass is 303 g/mol. The number of nitrogens with zero attached hydrogens (tertiary/aromatic N) is 2. The van der Waals surface area contributed by atoms with Gasteiger partial charge in [0.25, 0.3) is 0 Å². The minimum Gasteiger partial charge on any atom is -0.381 e. The molecule has 3 heterocycles. The molecule has 0 aliphatic carbocycles. The van der Waals surface area contributed by atoms with Crippen LogP contribution in [0.5, 0.6) is 0 Å². The van der Waals surface area contributed by atoms with Crippen LogP contribution in [0.25, 0.3) is 0 Å². The molecule has 1 amide bonds. The van der Waals surface area contributed by atoms with Crippen LogP contribution in [0.2, 0.25) is 0 Å². The second-order valence-corrected chi connectivity index (χ2v) is 6.54. The molecular weight excluding hydrogens is 278 g/mol. The second-order valence-electron chi connectivity index (χ2n) is 6.54. The first kappa shape index (κ1) is 15.4. The number of carbonyl (C=O) groups excluding carboxylic acids is 1. The third kappa shape index (κ3) is 4.05. The van der Waals surface area contributed by atoms with Crippen molar-refractivity contribution in [3.05, 3.63) is 23.9 Å². The van der Waals surface area contributed by atoms with E-state index in [0.717, 1.165) is 57.7 Å². The van der Waals surface area contributed by atoms with Gasteiger partial charge in [-0.2, -0.15) is 0 Å². The van der Waals surface area contributed by atoms with Gasteiger partial charge in [0.1, 0.15) is 5.82 Å². The summed E-state index contributed by atoms with van der Waals surface area (Å²) in [6.07, 6.45) is 4.99. The predicted molar refractivity (Wildman–Crippen MR) is 85.7 cm³/mol. The van der Waals surface area contributed by atoms with Gasteiger partial charge < -0.3 is 15.0 Å². The van der Waals surface area contributed by atoms with Crippen LogP contribution in [-0.4, -0.2) is 48.6 Å². The average molecular weight is 303 g/mol. The minimum absolute atomic E-state index is 0.0687. The smallest absolute Gasteiger partial charge is 0.229 e. The van der Waals surface area contributed by atoms with Gasteiger partial charge in [-0.3, -0.25) is 4.79 Å². The van der Waals surface area contributed by atoms with Crippen LogP contribution >= 0.6 is 0 Å². The average Bonchev–Trinajstić information content (AvgIpc) is 3.03. The van der Waals surface area contributed by atoms with Crippen LogP contribution in [0.15, 0.2) is 18.3 Å². The Kier molecular flexibility index (Phi) is 5.05. The molecule has 2 saturated heterocycles. The number of hydrogen-bond donors (Lipinski definition) is 1. The number of amides is 1. The molecule has 5 heteroatoms. The molecule has 5 nitrogen and oxygen atoms in total. The number of aryl methyl sites for hydroxylation is 1. The third-order valence-electron chi connectivity index (χ3n) is 4.58. The topological polar surface area (TPSA) is 54.5 Å². The Labute approximate surface area is 132 Å². The highest BCUT2D eigenvalue weighted by molar-refractivity contribution is 5.91. The molecule has 1 N–H and O–H groups in total. The van der Waals surface area contributed by atoms with Gasteiger partial charge >= 0.3 is 0 Å². The van der Waals surface area contributed by atoms with Gasteiger partial charge in [-0.05, 0) is 50.3 Å². The Morgan fingerprint density at radius 1 is 1.45 bits per heavy atom. The number of nitrogens with one attached hydrogen (secondary N) is 1. The molecule has 0 unspecified atom stereocenters. The van der Waals surface area contributed by atoms with Gasteiger partial charge in [0.05, 0.1) is 12.5 Å². The summed E-state index contributed by atoms with van der Waals surface area (Å²) in [6.45, 7) is 6.77. The van der Waals surface area contributed by atoms with Gasteiger partial charge in [0.2, 0.25) is 5.91 Å². The lowest BCUT2D eigenvalue weighted by atomic mass is 9.96. The Bertz CT molecular complexity index is 497. The molecule has 22 heavy (non-hydrogen) atoms. The van der Waals surface area contributed by atoms with Crippen molar-refractivity contribution in [1.29, 1.82) is 0 Å². The lowest BCUT2D eigenvalue weighted by Gasteiger charge is -2.33. The molecule has 2 atom stereocenters. The van der Waals surface area contributed by atoms with Crippen molar-refractivity contribution in [2.24, 2.45) is 11.8 Å². The summed E-state index contributed by atoms with van der Waals surface area (Å²) in [5, 5.41) is 2.95. The molecule has 0 spiro atoms. The molecule has 1 aromatic heterocycles. The molecule has 1 aromatic rings. The number of rotatable bonds is 4. The highest BCUT2D eigenvalue weighted by Gasteiger charge is 2.28. The Hall–Kier alpha value is -1.46. The highest BCUT2D eigenvalue weighted by atomic mass is 16.5. The molecule has 0 bridgehead atoms. The normalized spacial score (nSPS) is 26.0. The van der Waals surface area contributed by atoms with E-state index in [1.807, 2.05) is 19.1 Å². The number of carbonyl (C=O) groups is 1. The number of pyridine rings is 1. The summed E-state index contributed by atoms with van der Waals surface area (Å²) in [7, 11) is 0. The number of anilines is 1. The molecule has 3 rings (SSSR count). The first-order valence-electron chi connectivity index (χ1n) is 8.24. The van der Waals surface area contributed by atoms with Crippen LogP contribution in [0.4, 0.5) is 5.82 Å². The molecule has 0 aromatic carbocycles. The van der Waals surface area contributed by atoms with Gasteiger partial charge in [-0.1, -0.05) is 6.07 Å². The van der Waals surface area contributed by atoms with E-state index in [-0.39, 0.29) is 11.8 Å². The second kappa shape index (κ2) is 7.20. The summed E-state index contributed by atoms with van der Waals surface area (Å²) in [6, 6.07) is 3.83. The summed E-state index contributed by atoms with van der Waals surface area (Å²) in [5.74, 6) is 1.46. The summed E-state index contributed by atoms with van der Waals surface area (Å²) < 4.78 is 5.45. The maximum Gasteiger partial charge on any atom is 0.229 e. The SMILES string of the molecule is Cc1ccc(NC(=O)[C@H]2CCCN(C[C@@H]3CCOC3)C2)nc1. The fourth-order valence-corrected chi connectivity index (χ4v) is 3.30. The fourth-order valence-electron chi connectivity index (χ4n) is 3.30. The summed E-state index contributed by atoms with van der Waals surface area (Å²) >= 11 is 0. The zero-order valence-corrected chi connectivity index (χ0v) is 13.3. The van der Waals surface area contributed by atoms with E-state index >= 15 is 0 Å². The van der Waals surface area contributed by atoms with E-state index in [0.29, 0.717) is 11.7 Å². The highest BCUT2D eigenvalue weighted by Crippen LogP contribution is 2.21. The van der Waals surface area contributed by atoms with Crippen LogP contribution < -0.4 is 5.32 Å². The zero-order chi connectivity index (χ0) is 15.4. The molecular formula is C17H25N3O2. The van der Waals surface area contributed by atoms with E-state index in [2.05, 4.69) is 15.2 Å². The standard InChI is InChI=1S/C17H25N3O2/c1-13-4-5-16(18-9-13)19-17(21)15-3-2-7-20(11-15)10-14-6-8-22-12-14/h4-5,9,14-15H,2-3,6-8,10-12H2,1H3,(H,18,19,21)/t14-,15-/m0/s1. The van der Waals surface area contributed by atoms with Crippen LogP contribution in [0.3, 0.4) is 0 Å². The quantitative estimate of drug-likeness (QED) is 0.925. The van der Waals surface area contributed by atoms with Crippen molar-refractivity contribution >= 4 is 11.7 Å². The van der Waals surface area contributed by atoms with Crippen molar-refractivity contribution in [3.63, 3.8) is 0 Å². The molecule has 2 aliphatic rings. The Balaban J connectivity index is 1.52. The lowest BCUT2D eigenvalue weighted by Crippen LogP contribution is -2.42. The van der Waals surface area contributed by atoms with E-state index in [9.17, 15) is 4.79 Å². The van der Waals surface area contributed by atoms with E-state index < -0.39 is 0 Å². The zero-order valence-electron chi connectivity index (χ0n) is 13.3. The number of aromatic nitrogens is 1. The first-order valence-corrected chi connectivity index (χ1v) is 8.24. The fraction of sp³-hybridized carbons (Fsp3) is 0.647. The molecule has 0 saturated carbocycles. The van der Waals surface area contributed by atoms with Crippen molar-refractivity contribution < 1.29 is 9.53 Å². The predicted octanol–water partition coefficient (Wildman–Crippen LogP) is 2.08. The largest absolute Gasteiger partial charge is 0.381 e. The van der Waals surface area contributed by atoms with Gasteiger partial charge in [0.15, 0.2) is 0 Å². The number of ether oxygens (including phenoxy) is 1. The van der Waals surface area contributed by atoms with Crippen molar-refractivity contribution in [2.75, 3.05) is 38.2 Å². The van der Waals surface area contributed by atoms with E-state index in [1.54, 1.807) is 6.20 Å². The number of likely N-dealkylation sites (tertiary alicyclic amines) is 1. The number of hydrogen-bond acceptors (Lipinski definition) is 4. The Morgan fingerprint density at radius 3 is 3.09 bits per heavy atom. The molecule has 2 aliphatic heterocycles. The Morgan fingerprint density at radius 2 is 2.36 bits per heavy atom. The minimum atomic E-state index is 0.0687. The molecule has 120 valence electrons. The van der Waals surface area contributed by atoms with Gasteiger partial charge in [-0.25, -0.2) is 4.98 Å². The van der Waals surface area contributed by atoms with Crippen molar-refractivity contribution in [2.45, 2.75) is 26.2 Å². The molecule has 0 radical (unpaired) electrons. The molecule has 2 fully saturated rings. The first-order chi connectivity index (χ1) is 10.7. The summed E-state index contributed by atoms with van der Waals surface area (Å²) in [4.78, 5) is 19.1. The maximum absolute atomic E-state index is 12.4.